The summed E-state index contributed by atoms with van der Waals surface area (Å²) in [6.45, 7) is 3.73. The highest BCUT2D eigenvalue weighted by atomic mass is 32.1. The standard InChI is InChI=1S/C13H11N3OS/c1-8-9(2)16-18-12(8)13(17)15-11-6-4-3-5-10(11)7-14/h3-6H,1-2H3,(H,15,17). The summed E-state index contributed by atoms with van der Waals surface area (Å²) in [5.41, 5.74) is 2.71. The molecule has 2 rings (SSSR count). The Labute approximate surface area is 109 Å². The Morgan fingerprint density at radius 1 is 1.39 bits per heavy atom. The van der Waals surface area contributed by atoms with Gasteiger partial charge in [-0.25, -0.2) is 0 Å². The lowest BCUT2D eigenvalue weighted by Crippen LogP contribution is -2.12. The Morgan fingerprint density at radius 2 is 2.11 bits per heavy atom. The minimum atomic E-state index is -0.221. The molecule has 1 N–H and O–H groups in total. The maximum Gasteiger partial charge on any atom is 0.267 e. The van der Waals surface area contributed by atoms with E-state index in [-0.39, 0.29) is 5.91 Å². The summed E-state index contributed by atoms with van der Waals surface area (Å²) in [7, 11) is 0. The van der Waals surface area contributed by atoms with Crippen molar-refractivity contribution in [1.29, 1.82) is 5.26 Å². The van der Waals surface area contributed by atoms with Crippen molar-refractivity contribution >= 4 is 23.1 Å². The highest BCUT2D eigenvalue weighted by Crippen LogP contribution is 2.20. The maximum atomic E-state index is 12.1. The van der Waals surface area contributed by atoms with Crippen LogP contribution in [0.15, 0.2) is 24.3 Å². The summed E-state index contributed by atoms with van der Waals surface area (Å²) in [5.74, 6) is -0.221. The molecule has 0 radical (unpaired) electrons. The van der Waals surface area contributed by atoms with Crippen LogP contribution in [0.2, 0.25) is 0 Å². The number of carbonyl (C=O) groups is 1. The Balaban J connectivity index is 2.28. The molecular formula is C13H11N3OS. The van der Waals surface area contributed by atoms with Crippen LogP contribution in [0.1, 0.15) is 26.5 Å². The molecular weight excluding hydrogens is 246 g/mol. The monoisotopic (exact) mass is 257 g/mol. The Bertz CT molecular complexity index is 640. The predicted molar refractivity (Wildman–Crippen MR) is 70.7 cm³/mol. The molecule has 0 aliphatic heterocycles. The molecule has 0 saturated carbocycles. The smallest absolute Gasteiger partial charge is 0.267 e. The van der Waals surface area contributed by atoms with Crippen molar-refractivity contribution in [1.82, 2.24) is 4.37 Å². The quantitative estimate of drug-likeness (QED) is 0.899. The van der Waals surface area contributed by atoms with E-state index in [1.165, 1.54) is 11.5 Å². The zero-order valence-electron chi connectivity index (χ0n) is 10.0. The first-order valence-corrected chi connectivity index (χ1v) is 6.14. The van der Waals surface area contributed by atoms with Crippen LogP contribution < -0.4 is 5.32 Å². The Hall–Kier alpha value is -2.19. The molecule has 1 amide bonds. The van der Waals surface area contributed by atoms with Crippen LogP contribution in [0.5, 0.6) is 0 Å². The van der Waals surface area contributed by atoms with Gasteiger partial charge in [0.25, 0.3) is 5.91 Å². The molecule has 0 fully saturated rings. The summed E-state index contributed by atoms with van der Waals surface area (Å²) < 4.78 is 4.14. The van der Waals surface area contributed by atoms with Crippen LogP contribution in [-0.2, 0) is 0 Å². The fraction of sp³-hybridized carbons (Fsp3) is 0.154. The van der Waals surface area contributed by atoms with Crippen LogP contribution in [-0.4, -0.2) is 10.3 Å². The largest absolute Gasteiger partial charge is 0.320 e. The van der Waals surface area contributed by atoms with Crippen LogP contribution in [0.25, 0.3) is 0 Å². The Morgan fingerprint density at radius 3 is 2.72 bits per heavy atom. The normalized spacial score (nSPS) is 9.83. The van der Waals surface area contributed by atoms with Gasteiger partial charge in [-0.1, -0.05) is 12.1 Å². The van der Waals surface area contributed by atoms with Crippen molar-refractivity contribution in [3.05, 3.63) is 46.0 Å². The number of amides is 1. The van der Waals surface area contributed by atoms with E-state index >= 15 is 0 Å². The fourth-order valence-corrected chi connectivity index (χ4v) is 2.28. The second-order valence-corrected chi connectivity index (χ2v) is 4.61. The fourth-order valence-electron chi connectivity index (χ4n) is 1.50. The van der Waals surface area contributed by atoms with Gasteiger partial charge in [0.05, 0.1) is 16.9 Å². The summed E-state index contributed by atoms with van der Waals surface area (Å²) in [6, 6.07) is 8.96. The van der Waals surface area contributed by atoms with Crippen molar-refractivity contribution in [3.8, 4) is 6.07 Å². The Kier molecular flexibility index (Phi) is 3.40. The number of aryl methyl sites for hydroxylation is 1. The van der Waals surface area contributed by atoms with Crippen LogP contribution in [0, 0.1) is 25.2 Å². The molecule has 1 heterocycles. The number of carbonyl (C=O) groups excluding carboxylic acids is 1. The minimum absolute atomic E-state index is 0.221. The SMILES string of the molecule is Cc1nsc(C(=O)Nc2ccccc2C#N)c1C. The van der Waals surface area contributed by atoms with E-state index in [1.54, 1.807) is 24.3 Å². The number of nitrogens with one attached hydrogen (secondary N) is 1. The van der Waals surface area contributed by atoms with Gasteiger partial charge in [-0.2, -0.15) is 9.64 Å². The minimum Gasteiger partial charge on any atom is -0.320 e. The van der Waals surface area contributed by atoms with Crippen molar-refractivity contribution < 1.29 is 4.79 Å². The number of para-hydroxylation sites is 1. The highest BCUT2D eigenvalue weighted by molar-refractivity contribution is 7.08. The number of nitrogens with zero attached hydrogens (tertiary/aromatic N) is 2. The van der Waals surface area contributed by atoms with Crippen LogP contribution in [0.3, 0.4) is 0 Å². The summed E-state index contributed by atoms with van der Waals surface area (Å²) >= 11 is 1.17. The summed E-state index contributed by atoms with van der Waals surface area (Å²) in [4.78, 5) is 12.6. The number of anilines is 1. The van der Waals surface area contributed by atoms with E-state index in [0.717, 1.165) is 11.3 Å². The van der Waals surface area contributed by atoms with Gasteiger partial charge < -0.3 is 5.32 Å². The van der Waals surface area contributed by atoms with E-state index in [1.807, 2.05) is 19.9 Å². The van der Waals surface area contributed by atoms with Gasteiger partial charge in [0.2, 0.25) is 0 Å². The van der Waals surface area contributed by atoms with Crippen molar-refractivity contribution in [2.75, 3.05) is 5.32 Å². The molecule has 5 heteroatoms. The molecule has 18 heavy (non-hydrogen) atoms. The van der Waals surface area contributed by atoms with Crippen LogP contribution in [0.4, 0.5) is 5.69 Å². The molecule has 0 spiro atoms. The van der Waals surface area contributed by atoms with Gasteiger partial charge >= 0.3 is 0 Å². The summed E-state index contributed by atoms with van der Waals surface area (Å²) in [6.07, 6.45) is 0. The predicted octanol–water partition coefficient (Wildman–Crippen LogP) is 2.88. The molecule has 2 aromatic rings. The molecule has 1 aromatic carbocycles. The van der Waals surface area contributed by atoms with E-state index in [9.17, 15) is 4.79 Å². The van der Waals surface area contributed by atoms with E-state index in [2.05, 4.69) is 9.69 Å². The lowest BCUT2D eigenvalue weighted by Gasteiger charge is -2.05. The van der Waals surface area contributed by atoms with E-state index in [4.69, 9.17) is 5.26 Å². The van der Waals surface area contributed by atoms with Gasteiger partial charge in [-0.3, -0.25) is 4.79 Å². The molecule has 0 bridgehead atoms. The number of hydrogen-bond donors (Lipinski definition) is 1. The number of hydrogen-bond acceptors (Lipinski definition) is 4. The molecule has 90 valence electrons. The zero-order valence-corrected chi connectivity index (χ0v) is 10.8. The van der Waals surface area contributed by atoms with Gasteiger partial charge in [-0.15, -0.1) is 0 Å². The number of nitriles is 1. The van der Waals surface area contributed by atoms with Gasteiger partial charge in [0.1, 0.15) is 10.9 Å². The third-order valence-electron chi connectivity index (χ3n) is 2.66. The van der Waals surface area contributed by atoms with Gasteiger partial charge in [0.15, 0.2) is 0 Å². The first-order valence-electron chi connectivity index (χ1n) is 5.37. The first kappa shape index (κ1) is 12.3. The molecule has 0 unspecified atom stereocenters. The zero-order chi connectivity index (χ0) is 13.1. The van der Waals surface area contributed by atoms with Gasteiger partial charge in [-0.05, 0) is 43.1 Å². The lowest BCUT2D eigenvalue weighted by molar-refractivity contribution is 0.103. The number of rotatable bonds is 2. The van der Waals surface area contributed by atoms with Crippen LogP contribution >= 0.6 is 11.5 Å². The second-order valence-electron chi connectivity index (χ2n) is 3.83. The second kappa shape index (κ2) is 4.98. The van der Waals surface area contributed by atoms with Gasteiger partial charge in [0, 0.05) is 0 Å². The van der Waals surface area contributed by atoms with Crippen molar-refractivity contribution in [2.24, 2.45) is 0 Å². The number of benzene rings is 1. The van der Waals surface area contributed by atoms with Crippen molar-refractivity contribution in [3.63, 3.8) is 0 Å². The third-order valence-corrected chi connectivity index (χ3v) is 3.70. The lowest BCUT2D eigenvalue weighted by atomic mass is 10.2. The average Bonchev–Trinajstić information content (AvgIpc) is 2.71. The first-order chi connectivity index (χ1) is 8.63. The molecule has 0 atom stereocenters. The molecule has 4 nitrogen and oxygen atoms in total. The van der Waals surface area contributed by atoms with Crippen molar-refractivity contribution in [2.45, 2.75) is 13.8 Å². The molecule has 0 saturated heterocycles. The molecule has 0 aliphatic rings. The highest BCUT2D eigenvalue weighted by Gasteiger charge is 2.15. The van der Waals surface area contributed by atoms with E-state index < -0.39 is 0 Å². The number of aromatic nitrogens is 1. The molecule has 0 aliphatic carbocycles. The summed E-state index contributed by atoms with van der Waals surface area (Å²) in [5, 5.41) is 11.7. The topological polar surface area (TPSA) is 65.8 Å². The maximum absolute atomic E-state index is 12.1. The average molecular weight is 257 g/mol. The van der Waals surface area contributed by atoms with E-state index in [0.29, 0.717) is 16.1 Å². The third kappa shape index (κ3) is 2.24. The molecule has 1 aromatic heterocycles.